The van der Waals surface area contributed by atoms with E-state index < -0.39 is 0 Å². The summed E-state index contributed by atoms with van der Waals surface area (Å²) in [6, 6.07) is 17.5. The molecule has 144 valence electrons. The van der Waals surface area contributed by atoms with Crippen molar-refractivity contribution >= 4 is 23.1 Å². The summed E-state index contributed by atoms with van der Waals surface area (Å²) in [6.45, 7) is 0.941. The van der Waals surface area contributed by atoms with Gasteiger partial charge < -0.3 is 20.1 Å². The van der Waals surface area contributed by atoms with Gasteiger partial charge in [-0.2, -0.15) is 0 Å². The van der Waals surface area contributed by atoms with Crippen molar-refractivity contribution in [1.82, 2.24) is 10.3 Å². The highest BCUT2D eigenvalue weighted by atomic mass is 32.1. The quantitative estimate of drug-likeness (QED) is 0.580. The van der Waals surface area contributed by atoms with E-state index in [1.807, 2.05) is 30.3 Å². The molecule has 0 radical (unpaired) electrons. The molecule has 28 heavy (non-hydrogen) atoms. The van der Waals surface area contributed by atoms with E-state index >= 15 is 0 Å². The monoisotopic (exact) mass is 397 g/mol. The molecule has 0 unspecified atom stereocenters. The molecule has 1 aromatic heterocycles. The zero-order valence-corrected chi connectivity index (χ0v) is 16.1. The lowest BCUT2D eigenvalue weighted by atomic mass is 10.2. The van der Waals surface area contributed by atoms with E-state index in [0.717, 1.165) is 16.9 Å². The number of benzene rings is 2. The molecule has 0 atom stereocenters. The van der Waals surface area contributed by atoms with Crippen molar-refractivity contribution in [3.8, 4) is 11.5 Å². The van der Waals surface area contributed by atoms with E-state index in [9.17, 15) is 4.39 Å². The Morgan fingerprint density at radius 3 is 2.46 bits per heavy atom. The average molecular weight is 397 g/mol. The molecule has 0 aliphatic carbocycles. The Morgan fingerprint density at radius 2 is 1.75 bits per heavy atom. The number of hydrogen-bond acceptors (Lipinski definition) is 4. The van der Waals surface area contributed by atoms with Gasteiger partial charge in [-0.05, 0) is 59.7 Å². The Bertz CT molecular complexity index is 918. The van der Waals surface area contributed by atoms with Crippen molar-refractivity contribution in [1.29, 1.82) is 0 Å². The first kappa shape index (κ1) is 19.6. The van der Waals surface area contributed by atoms with Crippen molar-refractivity contribution in [2.75, 3.05) is 12.4 Å². The lowest BCUT2D eigenvalue weighted by molar-refractivity contribution is 0.306. The molecular formula is C21H20FN3O2S. The molecule has 0 aliphatic heterocycles. The van der Waals surface area contributed by atoms with Gasteiger partial charge in [0, 0.05) is 12.7 Å². The fourth-order valence-electron chi connectivity index (χ4n) is 2.43. The second-order valence-electron chi connectivity index (χ2n) is 5.92. The Labute approximate surface area is 168 Å². The minimum Gasteiger partial charge on any atom is -0.493 e. The Balaban J connectivity index is 1.47. The molecule has 2 N–H and O–H groups in total. The molecule has 3 aromatic rings. The summed E-state index contributed by atoms with van der Waals surface area (Å²) in [4.78, 5) is 4.21. The fourth-order valence-corrected chi connectivity index (χ4v) is 2.60. The Hall–Kier alpha value is -3.19. The van der Waals surface area contributed by atoms with Crippen LogP contribution in [0.5, 0.6) is 11.5 Å². The lowest BCUT2D eigenvalue weighted by Crippen LogP contribution is -2.28. The Kier molecular flexibility index (Phi) is 6.75. The summed E-state index contributed by atoms with van der Waals surface area (Å²) in [5, 5.41) is 6.60. The third kappa shape index (κ3) is 5.65. The van der Waals surface area contributed by atoms with E-state index in [1.54, 1.807) is 31.5 Å². The maximum absolute atomic E-state index is 12.9. The maximum Gasteiger partial charge on any atom is 0.174 e. The predicted molar refractivity (Wildman–Crippen MR) is 111 cm³/mol. The highest BCUT2D eigenvalue weighted by molar-refractivity contribution is 7.80. The topological polar surface area (TPSA) is 55.4 Å². The summed E-state index contributed by atoms with van der Waals surface area (Å²) in [5.41, 5.74) is 1.96. The van der Waals surface area contributed by atoms with Gasteiger partial charge in [-0.25, -0.2) is 9.37 Å². The molecule has 5 nitrogen and oxygen atoms in total. The van der Waals surface area contributed by atoms with Gasteiger partial charge in [-0.3, -0.25) is 0 Å². The van der Waals surface area contributed by atoms with Crippen LogP contribution in [0.3, 0.4) is 0 Å². The van der Waals surface area contributed by atoms with Crippen LogP contribution in [0.25, 0.3) is 0 Å². The third-order valence-electron chi connectivity index (χ3n) is 3.92. The second-order valence-corrected chi connectivity index (χ2v) is 6.33. The minimum absolute atomic E-state index is 0.255. The van der Waals surface area contributed by atoms with Gasteiger partial charge in [-0.1, -0.05) is 24.3 Å². The summed E-state index contributed by atoms with van der Waals surface area (Å²) in [5.74, 6) is 1.67. The number of nitrogens with one attached hydrogen (secondary N) is 2. The van der Waals surface area contributed by atoms with Gasteiger partial charge in [0.05, 0.1) is 7.11 Å². The number of thiocarbonyl (C=S) groups is 1. The first-order chi connectivity index (χ1) is 13.6. The molecule has 2 aromatic carbocycles. The highest BCUT2D eigenvalue weighted by Gasteiger charge is 2.05. The van der Waals surface area contributed by atoms with Gasteiger partial charge in [-0.15, -0.1) is 0 Å². The summed E-state index contributed by atoms with van der Waals surface area (Å²) < 4.78 is 23.9. The number of halogens is 1. The molecule has 0 saturated heterocycles. The number of aromatic nitrogens is 1. The maximum atomic E-state index is 12.9. The SMILES string of the molecule is COc1cccnc1NC(=S)NCc1ccc(OCc2ccc(F)cc2)cc1. The molecule has 0 bridgehead atoms. The van der Waals surface area contributed by atoms with E-state index in [1.165, 1.54) is 12.1 Å². The molecule has 1 heterocycles. The standard InChI is InChI=1S/C21H20FN3O2S/c1-26-19-3-2-12-23-20(19)25-21(28)24-13-15-6-10-18(11-7-15)27-14-16-4-8-17(22)9-5-16/h2-12H,13-14H2,1H3,(H2,23,24,25,28). The summed E-state index contributed by atoms with van der Waals surface area (Å²) in [7, 11) is 1.58. The number of rotatable bonds is 7. The lowest BCUT2D eigenvalue weighted by Gasteiger charge is -2.12. The van der Waals surface area contributed by atoms with Crippen LogP contribution in [-0.2, 0) is 13.2 Å². The number of nitrogens with zero attached hydrogens (tertiary/aromatic N) is 1. The van der Waals surface area contributed by atoms with Crippen LogP contribution in [0, 0.1) is 5.82 Å². The van der Waals surface area contributed by atoms with E-state index in [4.69, 9.17) is 21.7 Å². The van der Waals surface area contributed by atoms with Crippen molar-refractivity contribution in [3.63, 3.8) is 0 Å². The molecule has 0 amide bonds. The number of anilines is 1. The van der Waals surface area contributed by atoms with Crippen molar-refractivity contribution in [2.45, 2.75) is 13.2 Å². The number of pyridine rings is 1. The van der Waals surface area contributed by atoms with Gasteiger partial charge in [0.25, 0.3) is 0 Å². The summed E-state index contributed by atoms with van der Waals surface area (Å²) >= 11 is 5.30. The second kappa shape index (κ2) is 9.66. The van der Waals surface area contributed by atoms with Gasteiger partial charge in [0.15, 0.2) is 16.7 Å². The van der Waals surface area contributed by atoms with E-state index in [2.05, 4.69) is 15.6 Å². The number of ether oxygens (including phenoxy) is 2. The number of methoxy groups -OCH3 is 1. The predicted octanol–water partition coefficient (Wildman–Crippen LogP) is 4.29. The third-order valence-corrected chi connectivity index (χ3v) is 4.16. The van der Waals surface area contributed by atoms with E-state index in [-0.39, 0.29) is 5.82 Å². The Morgan fingerprint density at radius 1 is 1.04 bits per heavy atom. The minimum atomic E-state index is -0.255. The van der Waals surface area contributed by atoms with Crippen LogP contribution in [-0.4, -0.2) is 17.2 Å². The smallest absolute Gasteiger partial charge is 0.174 e. The van der Waals surface area contributed by atoms with Gasteiger partial charge in [0.1, 0.15) is 18.2 Å². The molecule has 0 spiro atoms. The van der Waals surface area contributed by atoms with Crippen molar-refractivity contribution < 1.29 is 13.9 Å². The van der Waals surface area contributed by atoms with Gasteiger partial charge >= 0.3 is 0 Å². The van der Waals surface area contributed by atoms with Crippen LogP contribution in [0.15, 0.2) is 66.9 Å². The molecule has 7 heteroatoms. The molecule has 0 fully saturated rings. The normalized spacial score (nSPS) is 10.2. The highest BCUT2D eigenvalue weighted by Crippen LogP contribution is 2.20. The zero-order chi connectivity index (χ0) is 19.8. The molecule has 0 aliphatic rings. The van der Waals surface area contributed by atoms with Crippen LogP contribution in [0.2, 0.25) is 0 Å². The zero-order valence-electron chi connectivity index (χ0n) is 15.3. The first-order valence-electron chi connectivity index (χ1n) is 8.64. The molecule has 3 rings (SSSR count). The van der Waals surface area contributed by atoms with Crippen LogP contribution in [0.4, 0.5) is 10.2 Å². The van der Waals surface area contributed by atoms with E-state index in [0.29, 0.717) is 29.8 Å². The van der Waals surface area contributed by atoms with Crippen molar-refractivity contribution in [2.24, 2.45) is 0 Å². The molecular weight excluding hydrogens is 377 g/mol. The summed E-state index contributed by atoms with van der Waals surface area (Å²) in [6.07, 6.45) is 1.66. The largest absolute Gasteiger partial charge is 0.493 e. The van der Waals surface area contributed by atoms with Crippen LogP contribution < -0.4 is 20.1 Å². The fraction of sp³-hybridized carbons (Fsp3) is 0.143. The van der Waals surface area contributed by atoms with Crippen LogP contribution in [0.1, 0.15) is 11.1 Å². The van der Waals surface area contributed by atoms with Crippen LogP contribution >= 0.6 is 12.2 Å². The average Bonchev–Trinajstić information content (AvgIpc) is 2.73. The van der Waals surface area contributed by atoms with Gasteiger partial charge in [0.2, 0.25) is 0 Å². The number of hydrogen-bond donors (Lipinski definition) is 2. The first-order valence-corrected chi connectivity index (χ1v) is 9.05. The van der Waals surface area contributed by atoms with Crippen molar-refractivity contribution in [3.05, 3.63) is 83.8 Å². The molecule has 0 saturated carbocycles.